The fourth-order valence-corrected chi connectivity index (χ4v) is 2.67. The second-order valence-electron chi connectivity index (χ2n) is 6.19. The molecule has 0 unspecified atom stereocenters. The molecule has 120 valence electrons. The summed E-state index contributed by atoms with van der Waals surface area (Å²) in [4.78, 5) is 0. The molecule has 1 aromatic carbocycles. The van der Waals surface area contributed by atoms with E-state index in [1.165, 1.54) is 68.9 Å². The number of aryl methyl sites for hydroxylation is 1. The zero-order chi connectivity index (χ0) is 15.3. The van der Waals surface area contributed by atoms with Gasteiger partial charge in [0.25, 0.3) is 0 Å². The van der Waals surface area contributed by atoms with E-state index in [1.807, 2.05) is 0 Å². The van der Waals surface area contributed by atoms with E-state index >= 15 is 0 Å². The van der Waals surface area contributed by atoms with Gasteiger partial charge in [-0.3, -0.25) is 0 Å². The highest BCUT2D eigenvalue weighted by molar-refractivity contribution is 5.23. The van der Waals surface area contributed by atoms with Crippen molar-refractivity contribution in [2.75, 3.05) is 6.61 Å². The summed E-state index contributed by atoms with van der Waals surface area (Å²) in [5, 5.41) is 8.96. The summed E-state index contributed by atoms with van der Waals surface area (Å²) in [5.41, 5.74) is 8.39. The number of rotatable bonds is 12. The number of hydrogen-bond donors (Lipinski definition) is 2. The van der Waals surface area contributed by atoms with Gasteiger partial charge in [-0.25, -0.2) is 0 Å². The van der Waals surface area contributed by atoms with E-state index in [1.54, 1.807) is 0 Å². The van der Waals surface area contributed by atoms with Gasteiger partial charge in [-0.1, -0.05) is 76.1 Å². The predicted octanol–water partition coefficient (Wildman–Crippen LogP) is 4.23. The Bertz CT molecular complexity index is 347. The van der Waals surface area contributed by atoms with Crippen LogP contribution in [0.4, 0.5) is 0 Å². The average Bonchev–Trinajstić information content (AvgIpc) is 2.51. The lowest BCUT2D eigenvalue weighted by atomic mass is 10.0. The van der Waals surface area contributed by atoms with Crippen molar-refractivity contribution in [3.05, 3.63) is 35.4 Å². The molecule has 0 radical (unpaired) electrons. The normalized spacial score (nSPS) is 12.5. The maximum absolute atomic E-state index is 8.96. The third-order valence-corrected chi connectivity index (χ3v) is 4.07. The van der Waals surface area contributed by atoms with E-state index in [-0.39, 0.29) is 12.6 Å². The molecule has 2 nitrogen and oxygen atoms in total. The quantitative estimate of drug-likeness (QED) is 0.566. The second kappa shape index (κ2) is 11.8. The fourth-order valence-electron chi connectivity index (χ4n) is 2.67. The van der Waals surface area contributed by atoms with Crippen LogP contribution < -0.4 is 5.73 Å². The van der Waals surface area contributed by atoms with E-state index in [0.29, 0.717) is 0 Å². The van der Waals surface area contributed by atoms with Crippen LogP contribution >= 0.6 is 0 Å². The summed E-state index contributed by atoms with van der Waals surface area (Å²) >= 11 is 0. The van der Waals surface area contributed by atoms with Gasteiger partial charge in [0.2, 0.25) is 0 Å². The summed E-state index contributed by atoms with van der Waals surface area (Å²) in [7, 11) is 0. The lowest BCUT2D eigenvalue weighted by Gasteiger charge is -2.08. The molecule has 0 bridgehead atoms. The molecule has 0 fully saturated rings. The number of unbranched alkanes of at least 4 members (excludes halogenated alkanes) is 7. The molecular weight excluding hydrogens is 258 g/mol. The number of nitrogens with two attached hydrogens (primary N) is 1. The molecule has 1 aromatic rings. The monoisotopic (exact) mass is 291 g/mol. The highest BCUT2D eigenvalue weighted by Gasteiger charge is 2.02. The molecule has 0 amide bonds. The van der Waals surface area contributed by atoms with Gasteiger partial charge in [0, 0.05) is 6.04 Å². The minimum Gasteiger partial charge on any atom is -0.395 e. The SMILES string of the molecule is CCCCCCCCCCc1ccc(C[C@H](N)CO)cc1. The number of aliphatic hydroxyl groups excluding tert-OH is 1. The molecular formula is C19H33NO. The van der Waals surface area contributed by atoms with Gasteiger partial charge in [-0.15, -0.1) is 0 Å². The zero-order valence-electron chi connectivity index (χ0n) is 13.7. The van der Waals surface area contributed by atoms with Gasteiger partial charge in [0.05, 0.1) is 6.61 Å². The molecule has 0 spiro atoms. The standard InChI is InChI=1S/C19H33NO/c1-2-3-4-5-6-7-8-9-10-17-11-13-18(14-12-17)15-19(20)16-21/h11-14,19,21H,2-10,15-16,20H2,1H3/t19-/m0/s1. The van der Waals surface area contributed by atoms with Crippen molar-refractivity contribution in [1.29, 1.82) is 0 Å². The first kappa shape index (κ1) is 18.2. The molecule has 0 saturated carbocycles. The number of benzene rings is 1. The lowest BCUT2D eigenvalue weighted by Crippen LogP contribution is -2.26. The van der Waals surface area contributed by atoms with Gasteiger partial charge in [-0.05, 0) is 30.4 Å². The number of hydrogen-bond acceptors (Lipinski definition) is 2. The van der Waals surface area contributed by atoms with Crippen LogP contribution in [0.1, 0.15) is 69.4 Å². The average molecular weight is 291 g/mol. The minimum atomic E-state index is -0.136. The molecule has 0 aliphatic carbocycles. The van der Waals surface area contributed by atoms with Crippen LogP contribution in [0.3, 0.4) is 0 Å². The lowest BCUT2D eigenvalue weighted by molar-refractivity contribution is 0.265. The Kier molecular flexibility index (Phi) is 10.2. The zero-order valence-corrected chi connectivity index (χ0v) is 13.7. The minimum absolute atomic E-state index is 0.0556. The van der Waals surface area contributed by atoms with Crippen LogP contribution in [0.5, 0.6) is 0 Å². The molecule has 21 heavy (non-hydrogen) atoms. The predicted molar refractivity (Wildman–Crippen MR) is 91.5 cm³/mol. The third kappa shape index (κ3) is 8.90. The first-order chi connectivity index (χ1) is 10.3. The second-order valence-corrected chi connectivity index (χ2v) is 6.19. The molecule has 2 heteroatoms. The largest absolute Gasteiger partial charge is 0.395 e. The highest BCUT2D eigenvalue weighted by atomic mass is 16.3. The topological polar surface area (TPSA) is 46.2 Å². The first-order valence-electron chi connectivity index (χ1n) is 8.70. The third-order valence-electron chi connectivity index (χ3n) is 4.07. The Morgan fingerprint density at radius 2 is 1.38 bits per heavy atom. The Labute approximate surface area is 130 Å². The molecule has 0 saturated heterocycles. The Morgan fingerprint density at radius 3 is 1.95 bits per heavy atom. The van der Waals surface area contributed by atoms with Gasteiger partial charge in [0.15, 0.2) is 0 Å². The van der Waals surface area contributed by atoms with Crippen molar-refractivity contribution in [2.24, 2.45) is 5.73 Å². The Hall–Kier alpha value is -0.860. The van der Waals surface area contributed by atoms with Crippen molar-refractivity contribution in [1.82, 2.24) is 0 Å². The van der Waals surface area contributed by atoms with Crippen LogP contribution in [0.2, 0.25) is 0 Å². The highest BCUT2D eigenvalue weighted by Crippen LogP contribution is 2.12. The van der Waals surface area contributed by atoms with Crippen molar-refractivity contribution < 1.29 is 5.11 Å². The van der Waals surface area contributed by atoms with E-state index in [4.69, 9.17) is 10.8 Å². The molecule has 0 aromatic heterocycles. The summed E-state index contributed by atoms with van der Waals surface area (Å²) < 4.78 is 0. The maximum Gasteiger partial charge on any atom is 0.0585 e. The van der Waals surface area contributed by atoms with Crippen LogP contribution in [0, 0.1) is 0 Å². The van der Waals surface area contributed by atoms with Crippen molar-refractivity contribution in [2.45, 2.75) is 77.2 Å². The summed E-state index contributed by atoms with van der Waals surface area (Å²) in [6, 6.07) is 8.58. The van der Waals surface area contributed by atoms with Crippen molar-refractivity contribution in [3.8, 4) is 0 Å². The smallest absolute Gasteiger partial charge is 0.0585 e. The van der Waals surface area contributed by atoms with Crippen molar-refractivity contribution >= 4 is 0 Å². The molecule has 3 N–H and O–H groups in total. The van der Waals surface area contributed by atoms with E-state index in [9.17, 15) is 0 Å². The van der Waals surface area contributed by atoms with E-state index < -0.39 is 0 Å². The summed E-state index contributed by atoms with van der Waals surface area (Å²) in [6.45, 7) is 2.32. The summed E-state index contributed by atoms with van der Waals surface area (Å²) in [6.07, 6.45) is 12.9. The van der Waals surface area contributed by atoms with Crippen molar-refractivity contribution in [3.63, 3.8) is 0 Å². The first-order valence-corrected chi connectivity index (χ1v) is 8.70. The van der Waals surface area contributed by atoms with Gasteiger partial charge < -0.3 is 10.8 Å². The fraction of sp³-hybridized carbons (Fsp3) is 0.684. The van der Waals surface area contributed by atoms with Gasteiger partial charge in [-0.2, -0.15) is 0 Å². The van der Waals surface area contributed by atoms with Crippen LogP contribution in [0.15, 0.2) is 24.3 Å². The van der Waals surface area contributed by atoms with E-state index in [0.717, 1.165) is 6.42 Å². The van der Waals surface area contributed by atoms with Crippen LogP contribution in [0.25, 0.3) is 0 Å². The van der Waals surface area contributed by atoms with Gasteiger partial charge >= 0.3 is 0 Å². The number of aliphatic hydroxyl groups is 1. The Morgan fingerprint density at radius 1 is 0.857 bits per heavy atom. The van der Waals surface area contributed by atoms with E-state index in [2.05, 4.69) is 31.2 Å². The molecule has 0 aliphatic heterocycles. The van der Waals surface area contributed by atoms with Crippen LogP contribution in [-0.2, 0) is 12.8 Å². The van der Waals surface area contributed by atoms with Gasteiger partial charge in [0.1, 0.15) is 0 Å². The molecule has 0 heterocycles. The summed E-state index contributed by atoms with van der Waals surface area (Å²) in [5.74, 6) is 0. The molecule has 1 rings (SSSR count). The molecule has 1 atom stereocenters. The van der Waals surface area contributed by atoms with Crippen LogP contribution in [-0.4, -0.2) is 17.8 Å². The molecule has 0 aliphatic rings. The maximum atomic E-state index is 8.96. The Balaban J connectivity index is 2.10.